The Morgan fingerprint density at radius 1 is 1.29 bits per heavy atom. The Labute approximate surface area is 126 Å². The van der Waals surface area contributed by atoms with Crippen molar-refractivity contribution in [3.8, 4) is 5.75 Å². The zero-order valence-electron chi connectivity index (χ0n) is 11.1. The predicted molar refractivity (Wildman–Crippen MR) is 78.8 cm³/mol. The number of carbonyl (C=O) groups excluding carboxylic acids is 1. The maximum atomic E-state index is 12.5. The van der Waals surface area contributed by atoms with E-state index < -0.39 is 0 Å². The standard InChI is InChI=1S/C15H13ClN2O3/c16-11-4-5-13-10(8-11)9-18(6-7-21-13)15(20)12-2-1-3-14(19)17-12/h1-5,8H,6-7,9H2,(H,17,19). The van der Waals surface area contributed by atoms with E-state index in [1.807, 2.05) is 0 Å². The lowest BCUT2D eigenvalue weighted by Gasteiger charge is -2.19. The number of benzene rings is 1. The van der Waals surface area contributed by atoms with Crippen LogP contribution in [0, 0.1) is 0 Å². The van der Waals surface area contributed by atoms with E-state index >= 15 is 0 Å². The molecule has 0 saturated carbocycles. The topological polar surface area (TPSA) is 62.4 Å². The molecule has 0 unspecified atom stereocenters. The maximum Gasteiger partial charge on any atom is 0.270 e. The molecule has 5 nitrogen and oxygen atoms in total. The van der Waals surface area contributed by atoms with Crippen LogP contribution in [0.3, 0.4) is 0 Å². The fourth-order valence-corrected chi connectivity index (χ4v) is 2.47. The lowest BCUT2D eigenvalue weighted by molar-refractivity contribution is 0.0727. The summed E-state index contributed by atoms with van der Waals surface area (Å²) in [6, 6.07) is 9.87. The van der Waals surface area contributed by atoms with Crippen molar-refractivity contribution in [3.05, 3.63) is 63.0 Å². The molecule has 0 spiro atoms. The molecule has 2 aromatic rings. The second kappa shape index (κ2) is 5.61. The number of hydrogen-bond acceptors (Lipinski definition) is 3. The maximum absolute atomic E-state index is 12.5. The van der Waals surface area contributed by atoms with Gasteiger partial charge in [-0.25, -0.2) is 0 Å². The molecular weight excluding hydrogens is 292 g/mol. The van der Waals surface area contributed by atoms with Crippen molar-refractivity contribution in [2.45, 2.75) is 6.54 Å². The molecule has 1 aromatic heterocycles. The minimum Gasteiger partial charge on any atom is -0.491 e. The third-order valence-electron chi connectivity index (χ3n) is 3.29. The highest BCUT2D eigenvalue weighted by molar-refractivity contribution is 6.30. The van der Waals surface area contributed by atoms with E-state index in [1.165, 1.54) is 6.07 Å². The van der Waals surface area contributed by atoms with Gasteiger partial charge in [-0.2, -0.15) is 0 Å². The minimum atomic E-state index is -0.296. The van der Waals surface area contributed by atoms with Crippen molar-refractivity contribution in [1.29, 1.82) is 0 Å². The highest BCUT2D eigenvalue weighted by Gasteiger charge is 2.21. The van der Waals surface area contributed by atoms with E-state index in [0.29, 0.717) is 24.7 Å². The summed E-state index contributed by atoms with van der Waals surface area (Å²) in [5.41, 5.74) is 0.829. The molecule has 0 radical (unpaired) electrons. The first-order chi connectivity index (χ1) is 10.1. The van der Waals surface area contributed by atoms with Gasteiger partial charge in [-0.1, -0.05) is 17.7 Å². The van der Waals surface area contributed by atoms with Crippen LogP contribution in [0.1, 0.15) is 16.1 Å². The summed E-state index contributed by atoms with van der Waals surface area (Å²) >= 11 is 5.99. The second-order valence-corrected chi connectivity index (χ2v) is 5.19. The van der Waals surface area contributed by atoms with Crippen LogP contribution in [0.2, 0.25) is 5.02 Å². The molecule has 0 saturated heterocycles. The number of ether oxygens (including phenoxy) is 1. The molecule has 2 heterocycles. The van der Waals surface area contributed by atoms with Gasteiger partial charge in [0.05, 0.1) is 6.54 Å². The quantitative estimate of drug-likeness (QED) is 0.877. The van der Waals surface area contributed by atoms with E-state index in [0.717, 1.165) is 11.3 Å². The van der Waals surface area contributed by atoms with E-state index in [-0.39, 0.29) is 17.2 Å². The van der Waals surface area contributed by atoms with Crippen molar-refractivity contribution in [2.24, 2.45) is 0 Å². The molecule has 0 fully saturated rings. The van der Waals surface area contributed by atoms with Gasteiger partial charge in [-0.15, -0.1) is 0 Å². The number of rotatable bonds is 1. The number of halogens is 1. The number of aromatic amines is 1. The molecule has 108 valence electrons. The molecule has 3 rings (SSSR count). The van der Waals surface area contributed by atoms with Crippen molar-refractivity contribution in [3.63, 3.8) is 0 Å². The van der Waals surface area contributed by atoms with Gasteiger partial charge in [-0.3, -0.25) is 9.59 Å². The van der Waals surface area contributed by atoms with Crippen LogP contribution < -0.4 is 10.3 Å². The minimum absolute atomic E-state index is 0.232. The predicted octanol–water partition coefficient (Wildman–Crippen LogP) is 2.06. The smallest absolute Gasteiger partial charge is 0.270 e. The molecule has 0 aliphatic carbocycles. The fourth-order valence-electron chi connectivity index (χ4n) is 2.28. The molecule has 1 amide bonds. The van der Waals surface area contributed by atoms with Crippen LogP contribution in [0.25, 0.3) is 0 Å². The van der Waals surface area contributed by atoms with Crippen LogP contribution in [-0.4, -0.2) is 28.9 Å². The van der Waals surface area contributed by atoms with E-state index in [2.05, 4.69) is 4.98 Å². The van der Waals surface area contributed by atoms with Crippen molar-refractivity contribution >= 4 is 17.5 Å². The average Bonchev–Trinajstić information content (AvgIpc) is 2.68. The number of carbonyl (C=O) groups is 1. The molecule has 0 atom stereocenters. The first-order valence-electron chi connectivity index (χ1n) is 6.53. The number of aromatic nitrogens is 1. The molecule has 6 heteroatoms. The summed E-state index contributed by atoms with van der Waals surface area (Å²) in [4.78, 5) is 28.0. The molecule has 1 aliphatic rings. The van der Waals surface area contributed by atoms with Crippen LogP contribution >= 0.6 is 11.6 Å². The molecule has 1 N–H and O–H groups in total. The molecule has 1 aromatic carbocycles. The summed E-state index contributed by atoms with van der Waals surface area (Å²) in [7, 11) is 0. The summed E-state index contributed by atoms with van der Waals surface area (Å²) in [6.45, 7) is 1.24. The highest BCUT2D eigenvalue weighted by atomic mass is 35.5. The summed E-state index contributed by atoms with van der Waals surface area (Å²) < 4.78 is 5.62. The zero-order valence-corrected chi connectivity index (χ0v) is 11.9. The Bertz CT molecular complexity index is 742. The Morgan fingerprint density at radius 3 is 2.95 bits per heavy atom. The number of fused-ring (bicyclic) bond motifs is 1. The van der Waals surface area contributed by atoms with Gasteiger partial charge in [0.1, 0.15) is 18.1 Å². The second-order valence-electron chi connectivity index (χ2n) is 4.76. The Morgan fingerprint density at radius 2 is 2.14 bits per heavy atom. The summed E-state index contributed by atoms with van der Waals surface area (Å²) in [5.74, 6) is 0.500. The lowest BCUT2D eigenvalue weighted by Crippen LogP contribution is -2.33. The van der Waals surface area contributed by atoms with Gasteiger partial charge in [0, 0.05) is 23.2 Å². The van der Waals surface area contributed by atoms with E-state index in [1.54, 1.807) is 35.2 Å². The number of amides is 1. The third kappa shape index (κ3) is 2.92. The first-order valence-corrected chi connectivity index (χ1v) is 6.91. The average molecular weight is 305 g/mol. The summed E-state index contributed by atoms with van der Waals surface area (Å²) in [5, 5.41) is 0.597. The number of nitrogens with zero attached hydrogens (tertiary/aromatic N) is 1. The highest BCUT2D eigenvalue weighted by Crippen LogP contribution is 2.26. The van der Waals surface area contributed by atoms with Crippen LogP contribution in [0.5, 0.6) is 5.75 Å². The van der Waals surface area contributed by atoms with Gasteiger partial charge in [0.15, 0.2) is 0 Å². The van der Waals surface area contributed by atoms with Crippen LogP contribution in [0.4, 0.5) is 0 Å². The molecular formula is C15H13ClN2O3. The first kappa shape index (κ1) is 13.7. The van der Waals surface area contributed by atoms with Gasteiger partial charge in [-0.05, 0) is 24.3 Å². The van der Waals surface area contributed by atoms with Crippen molar-refractivity contribution < 1.29 is 9.53 Å². The third-order valence-corrected chi connectivity index (χ3v) is 3.52. The SMILES string of the molecule is O=C(c1cccc(=O)[nH]1)N1CCOc2ccc(Cl)cc2C1. The summed E-state index contributed by atoms with van der Waals surface area (Å²) in [6.07, 6.45) is 0. The molecule has 0 bridgehead atoms. The fraction of sp³-hybridized carbons (Fsp3) is 0.200. The van der Waals surface area contributed by atoms with Crippen molar-refractivity contribution in [1.82, 2.24) is 9.88 Å². The van der Waals surface area contributed by atoms with Gasteiger partial charge in [0.25, 0.3) is 5.91 Å². The number of pyridine rings is 1. The van der Waals surface area contributed by atoms with E-state index in [4.69, 9.17) is 16.3 Å². The normalized spacial score (nSPS) is 14.0. The van der Waals surface area contributed by atoms with E-state index in [9.17, 15) is 9.59 Å². The number of hydrogen-bond donors (Lipinski definition) is 1. The van der Waals surface area contributed by atoms with Crippen molar-refractivity contribution in [2.75, 3.05) is 13.2 Å². The molecule has 1 aliphatic heterocycles. The van der Waals surface area contributed by atoms with Crippen LogP contribution in [-0.2, 0) is 6.54 Å². The Kier molecular flexibility index (Phi) is 3.66. The molecule has 21 heavy (non-hydrogen) atoms. The Balaban J connectivity index is 1.89. The monoisotopic (exact) mass is 304 g/mol. The number of H-pyrrole nitrogens is 1. The Hall–Kier alpha value is -2.27. The van der Waals surface area contributed by atoms with Gasteiger partial charge >= 0.3 is 0 Å². The van der Waals surface area contributed by atoms with Gasteiger partial charge < -0.3 is 14.6 Å². The number of nitrogens with one attached hydrogen (secondary N) is 1. The lowest BCUT2D eigenvalue weighted by atomic mass is 10.2. The zero-order chi connectivity index (χ0) is 14.8. The largest absolute Gasteiger partial charge is 0.491 e. The van der Waals surface area contributed by atoms with Gasteiger partial charge in [0.2, 0.25) is 5.56 Å². The van der Waals surface area contributed by atoms with Crippen LogP contribution in [0.15, 0.2) is 41.2 Å².